The lowest BCUT2D eigenvalue weighted by atomic mass is 9.46. The van der Waals surface area contributed by atoms with Gasteiger partial charge in [0.15, 0.2) is 5.96 Å². The molecule has 2 aliphatic carbocycles. The maximum Gasteiger partial charge on any atom is 0.191 e. The van der Waals surface area contributed by atoms with Crippen LogP contribution in [-0.2, 0) is 4.74 Å². The lowest BCUT2D eigenvalue weighted by molar-refractivity contribution is -0.171. The Morgan fingerprint density at radius 1 is 1.21 bits per heavy atom. The smallest absolute Gasteiger partial charge is 0.191 e. The SMILES string of the molecule is CN=C(NC1CCN(c2ccccn2)CC1)NC1C2CCOC2C12CCC2.I. The van der Waals surface area contributed by atoms with Gasteiger partial charge in [-0.3, -0.25) is 4.99 Å². The van der Waals surface area contributed by atoms with E-state index in [1.165, 1.54) is 25.7 Å². The van der Waals surface area contributed by atoms with Gasteiger partial charge in [-0.05, 0) is 44.2 Å². The maximum absolute atomic E-state index is 6.05. The number of aliphatic imine (C=N–C) groups is 1. The number of hydrogen-bond donors (Lipinski definition) is 2. The van der Waals surface area contributed by atoms with E-state index in [4.69, 9.17) is 4.74 Å². The summed E-state index contributed by atoms with van der Waals surface area (Å²) in [5, 5.41) is 7.48. The van der Waals surface area contributed by atoms with Crippen LogP contribution in [0, 0.1) is 11.3 Å². The third-order valence-corrected chi connectivity index (χ3v) is 7.36. The van der Waals surface area contributed by atoms with Gasteiger partial charge >= 0.3 is 0 Å². The van der Waals surface area contributed by atoms with Crippen LogP contribution < -0.4 is 15.5 Å². The molecule has 2 aliphatic heterocycles. The van der Waals surface area contributed by atoms with Crippen LogP contribution in [0.5, 0.6) is 0 Å². The van der Waals surface area contributed by atoms with E-state index in [2.05, 4.69) is 37.6 Å². The van der Waals surface area contributed by atoms with E-state index in [1.807, 2.05) is 19.3 Å². The zero-order valence-electron chi connectivity index (χ0n) is 16.6. The van der Waals surface area contributed by atoms with E-state index in [0.29, 0.717) is 29.5 Å². The standard InChI is InChI=1S/C21H31N5O.HI/c1-22-20(25-18-16-8-14-27-19(16)21(18)9-4-10-21)24-15-6-12-26(13-7-15)17-5-2-3-11-23-17;/h2-3,5,11,15-16,18-19H,4,6-10,12-14H2,1H3,(H2,22,24,25);1H. The Morgan fingerprint density at radius 2 is 2.04 bits per heavy atom. The molecule has 1 aromatic heterocycles. The number of aromatic nitrogens is 1. The van der Waals surface area contributed by atoms with Crippen molar-refractivity contribution < 1.29 is 4.74 Å². The molecule has 4 fully saturated rings. The molecule has 0 radical (unpaired) electrons. The van der Waals surface area contributed by atoms with Gasteiger partial charge in [0.1, 0.15) is 5.82 Å². The maximum atomic E-state index is 6.05. The molecule has 2 N–H and O–H groups in total. The quantitative estimate of drug-likeness (QED) is 0.382. The molecular formula is C21H32IN5O. The minimum atomic E-state index is 0. The summed E-state index contributed by atoms with van der Waals surface area (Å²) in [7, 11) is 1.90. The molecule has 1 aromatic rings. The van der Waals surface area contributed by atoms with Gasteiger partial charge in [0.2, 0.25) is 0 Å². The number of ether oxygens (including phenoxy) is 1. The van der Waals surface area contributed by atoms with Gasteiger partial charge in [0, 0.05) is 56.4 Å². The molecule has 5 rings (SSSR count). The van der Waals surface area contributed by atoms with Gasteiger partial charge in [-0.25, -0.2) is 4.98 Å². The number of rotatable bonds is 3. The predicted octanol–water partition coefficient (Wildman–Crippen LogP) is 2.79. The average Bonchev–Trinajstić information content (AvgIpc) is 3.10. The zero-order chi connectivity index (χ0) is 18.3. The first-order valence-corrected chi connectivity index (χ1v) is 10.6. The van der Waals surface area contributed by atoms with Crippen molar-refractivity contribution in [2.75, 3.05) is 31.6 Å². The van der Waals surface area contributed by atoms with Crippen LogP contribution in [0.1, 0.15) is 38.5 Å². The normalized spacial score (nSPS) is 31.4. The lowest BCUT2D eigenvalue weighted by Crippen LogP contribution is -2.72. The Balaban J connectivity index is 0.00000192. The van der Waals surface area contributed by atoms with Crippen molar-refractivity contribution in [3.05, 3.63) is 24.4 Å². The molecule has 3 atom stereocenters. The number of nitrogens with one attached hydrogen (secondary N) is 2. The molecule has 0 aromatic carbocycles. The van der Waals surface area contributed by atoms with Gasteiger partial charge in [0.05, 0.1) is 6.10 Å². The highest BCUT2D eigenvalue weighted by molar-refractivity contribution is 14.0. The topological polar surface area (TPSA) is 61.8 Å². The zero-order valence-corrected chi connectivity index (χ0v) is 19.0. The number of piperidine rings is 1. The summed E-state index contributed by atoms with van der Waals surface area (Å²) < 4.78 is 6.05. The summed E-state index contributed by atoms with van der Waals surface area (Å²) in [6.45, 7) is 3.02. The van der Waals surface area contributed by atoms with E-state index in [9.17, 15) is 0 Å². The molecule has 1 spiro atoms. The number of hydrogen-bond acceptors (Lipinski definition) is 4. The van der Waals surface area contributed by atoms with E-state index in [0.717, 1.165) is 44.3 Å². The molecular weight excluding hydrogens is 465 g/mol. The van der Waals surface area contributed by atoms with E-state index < -0.39 is 0 Å². The Bertz CT molecular complexity index is 687. The number of halogens is 1. The van der Waals surface area contributed by atoms with Crippen molar-refractivity contribution in [1.29, 1.82) is 0 Å². The summed E-state index contributed by atoms with van der Waals surface area (Å²) in [4.78, 5) is 11.4. The Kier molecular flexibility index (Phi) is 6.01. The van der Waals surface area contributed by atoms with E-state index >= 15 is 0 Å². The molecule has 3 unspecified atom stereocenters. The third kappa shape index (κ3) is 3.38. The second kappa shape index (κ2) is 8.34. The Hall–Kier alpha value is -1.09. The monoisotopic (exact) mass is 497 g/mol. The van der Waals surface area contributed by atoms with Crippen LogP contribution in [0.4, 0.5) is 5.82 Å². The van der Waals surface area contributed by atoms with Gasteiger partial charge in [-0.1, -0.05) is 12.5 Å². The minimum Gasteiger partial charge on any atom is -0.377 e. The fourth-order valence-corrected chi connectivity index (χ4v) is 5.76. The average molecular weight is 497 g/mol. The lowest BCUT2D eigenvalue weighted by Gasteiger charge is -2.63. The highest BCUT2D eigenvalue weighted by Crippen LogP contribution is 2.62. The molecule has 2 saturated heterocycles. The summed E-state index contributed by atoms with van der Waals surface area (Å²) >= 11 is 0. The molecule has 154 valence electrons. The molecule has 4 aliphatic rings. The van der Waals surface area contributed by atoms with Crippen LogP contribution in [0.2, 0.25) is 0 Å². The second-order valence-corrected chi connectivity index (χ2v) is 8.62. The second-order valence-electron chi connectivity index (χ2n) is 8.62. The molecule has 2 saturated carbocycles. The number of fused-ring (bicyclic) bond motifs is 2. The first-order chi connectivity index (χ1) is 13.3. The van der Waals surface area contributed by atoms with Crippen LogP contribution in [0.15, 0.2) is 29.4 Å². The fourth-order valence-electron chi connectivity index (χ4n) is 5.76. The predicted molar refractivity (Wildman–Crippen MR) is 122 cm³/mol. The van der Waals surface area contributed by atoms with Crippen LogP contribution in [0.3, 0.4) is 0 Å². The van der Waals surface area contributed by atoms with Gasteiger partial charge < -0.3 is 20.3 Å². The molecule has 6 nitrogen and oxygen atoms in total. The summed E-state index contributed by atoms with van der Waals surface area (Å²) in [5.74, 6) is 2.75. The summed E-state index contributed by atoms with van der Waals surface area (Å²) in [6.07, 6.45) is 9.77. The molecule has 3 heterocycles. The summed E-state index contributed by atoms with van der Waals surface area (Å²) in [5.41, 5.74) is 0.390. The first-order valence-electron chi connectivity index (χ1n) is 10.6. The number of anilines is 1. The van der Waals surface area contributed by atoms with Crippen LogP contribution >= 0.6 is 24.0 Å². The van der Waals surface area contributed by atoms with Crippen molar-refractivity contribution in [1.82, 2.24) is 15.6 Å². The number of nitrogens with zero attached hydrogens (tertiary/aromatic N) is 3. The highest BCUT2D eigenvalue weighted by Gasteiger charge is 2.66. The highest BCUT2D eigenvalue weighted by atomic mass is 127. The molecule has 28 heavy (non-hydrogen) atoms. The van der Waals surface area contributed by atoms with Crippen molar-refractivity contribution in [2.45, 2.75) is 56.7 Å². The molecule has 7 heteroatoms. The molecule has 0 bridgehead atoms. The van der Waals surface area contributed by atoms with E-state index in [1.54, 1.807) is 0 Å². The van der Waals surface area contributed by atoms with Crippen molar-refractivity contribution in [3.63, 3.8) is 0 Å². The van der Waals surface area contributed by atoms with Gasteiger partial charge in [-0.2, -0.15) is 0 Å². The van der Waals surface area contributed by atoms with Gasteiger partial charge in [-0.15, -0.1) is 24.0 Å². The largest absolute Gasteiger partial charge is 0.377 e. The van der Waals surface area contributed by atoms with E-state index in [-0.39, 0.29) is 24.0 Å². The van der Waals surface area contributed by atoms with Crippen molar-refractivity contribution >= 4 is 35.8 Å². The third-order valence-electron chi connectivity index (χ3n) is 7.36. The number of pyridine rings is 1. The van der Waals surface area contributed by atoms with Crippen molar-refractivity contribution in [2.24, 2.45) is 16.3 Å². The Morgan fingerprint density at radius 3 is 2.68 bits per heavy atom. The summed E-state index contributed by atoms with van der Waals surface area (Å²) in [6, 6.07) is 7.15. The van der Waals surface area contributed by atoms with Gasteiger partial charge in [0.25, 0.3) is 0 Å². The van der Waals surface area contributed by atoms with Crippen LogP contribution in [0.25, 0.3) is 0 Å². The first kappa shape index (κ1) is 20.2. The van der Waals surface area contributed by atoms with Crippen molar-refractivity contribution in [3.8, 4) is 0 Å². The number of guanidine groups is 1. The fraction of sp³-hybridized carbons (Fsp3) is 0.714. The van der Waals surface area contributed by atoms with Crippen LogP contribution in [-0.4, -0.2) is 55.9 Å². The minimum absolute atomic E-state index is 0. The molecule has 0 amide bonds. The Labute approximate surface area is 184 Å².